The second-order valence-electron chi connectivity index (χ2n) is 4.39. The first-order valence-corrected chi connectivity index (χ1v) is 6.72. The molecule has 0 heterocycles. The normalized spacial score (nSPS) is 10.8. The zero-order chi connectivity index (χ0) is 12.5. The van der Waals surface area contributed by atoms with Gasteiger partial charge in [-0.3, -0.25) is 0 Å². The third kappa shape index (κ3) is 5.22. The van der Waals surface area contributed by atoms with E-state index in [0.717, 1.165) is 31.4 Å². The fraction of sp³-hybridized carbons (Fsp3) is 0.600. The van der Waals surface area contributed by atoms with Crippen LogP contribution in [-0.4, -0.2) is 13.2 Å². The van der Waals surface area contributed by atoms with Gasteiger partial charge in [0.05, 0.1) is 6.61 Å². The lowest BCUT2D eigenvalue weighted by molar-refractivity contribution is 0.339. The molecule has 0 spiro atoms. The Hall–Kier alpha value is -1.02. The Kier molecular flexibility index (Phi) is 6.71. The molecule has 0 fully saturated rings. The van der Waals surface area contributed by atoms with Crippen LogP contribution < -0.4 is 10.1 Å². The second-order valence-corrected chi connectivity index (χ2v) is 4.39. The zero-order valence-corrected chi connectivity index (χ0v) is 11.3. The molecule has 0 saturated heterocycles. The molecule has 2 nitrogen and oxygen atoms in total. The van der Waals surface area contributed by atoms with Crippen molar-refractivity contribution in [3.05, 3.63) is 29.8 Å². The van der Waals surface area contributed by atoms with Gasteiger partial charge in [-0.2, -0.15) is 0 Å². The van der Waals surface area contributed by atoms with Gasteiger partial charge in [0.2, 0.25) is 0 Å². The largest absolute Gasteiger partial charge is 0.494 e. The van der Waals surface area contributed by atoms with Gasteiger partial charge >= 0.3 is 0 Å². The molecule has 0 aromatic heterocycles. The average Bonchev–Trinajstić information content (AvgIpc) is 2.36. The van der Waals surface area contributed by atoms with Crippen molar-refractivity contribution in [1.82, 2.24) is 5.32 Å². The smallest absolute Gasteiger partial charge is 0.119 e. The van der Waals surface area contributed by atoms with E-state index in [4.69, 9.17) is 4.74 Å². The molecule has 0 amide bonds. The number of benzene rings is 1. The summed E-state index contributed by atoms with van der Waals surface area (Å²) >= 11 is 0. The van der Waals surface area contributed by atoms with E-state index in [9.17, 15) is 0 Å². The molecule has 96 valence electrons. The third-order valence-electron chi connectivity index (χ3n) is 3.13. The Bertz CT molecular complexity index is 308. The highest BCUT2D eigenvalue weighted by Gasteiger charge is 2.02. The predicted molar refractivity (Wildman–Crippen MR) is 73.4 cm³/mol. The third-order valence-corrected chi connectivity index (χ3v) is 3.13. The van der Waals surface area contributed by atoms with Crippen molar-refractivity contribution in [3.8, 4) is 5.75 Å². The van der Waals surface area contributed by atoms with E-state index in [1.54, 1.807) is 0 Å². The molecular formula is C15H25NO. The quantitative estimate of drug-likeness (QED) is 0.743. The molecular weight excluding hydrogens is 210 g/mol. The highest BCUT2D eigenvalue weighted by Crippen LogP contribution is 2.13. The first-order valence-electron chi connectivity index (χ1n) is 6.72. The van der Waals surface area contributed by atoms with Gasteiger partial charge in [-0.25, -0.2) is 0 Å². The van der Waals surface area contributed by atoms with E-state index in [2.05, 4.69) is 37.4 Å². The molecule has 0 radical (unpaired) electrons. The minimum Gasteiger partial charge on any atom is -0.494 e. The van der Waals surface area contributed by atoms with Crippen LogP contribution in [0.1, 0.15) is 39.2 Å². The Balaban J connectivity index is 2.38. The Morgan fingerprint density at radius 1 is 1.18 bits per heavy atom. The van der Waals surface area contributed by atoms with Crippen LogP contribution in [0.4, 0.5) is 0 Å². The molecule has 17 heavy (non-hydrogen) atoms. The minimum absolute atomic E-state index is 0.727. The van der Waals surface area contributed by atoms with Gasteiger partial charge in [0, 0.05) is 6.54 Å². The van der Waals surface area contributed by atoms with E-state index < -0.39 is 0 Å². The maximum Gasteiger partial charge on any atom is 0.119 e. The van der Waals surface area contributed by atoms with Crippen molar-refractivity contribution in [1.29, 1.82) is 0 Å². The van der Waals surface area contributed by atoms with Crippen LogP contribution in [0, 0.1) is 5.92 Å². The van der Waals surface area contributed by atoms with Crippen LogP contribution in [0.15, 0.2) is 24.3 Å². The zero-order valence-electron chi connectivity index (χ0n) is 11.3. The summed E-state index contributed by atoms with van der Waals surface area (Å²) in [5, 5.41) is 3.52. The minimum atomic E-state index is 0.727. The maximum absolute atomic E-state index is 5.49. The molecule has 0 atom stereocenters. The predicted octanol–water partition coefficient (Wildman–Crippen LogP) is 3.61. The lowest BCUT2D eigenvalue weighted by Crippen LogP contribution is -2.21. The first kappa shape index (κ1) is 14.0. The Morgan fingerprint density at radius 3 is 2.59 bits per heavy atom. The number of ether oxygens (including phenoxy) is 1. The Morgan fingerprint density at radius 2 is 1.94 bits per heavy atom. The van der Waals surface area contributed by atoms with Gasteiger partial charge in [-0.05, 0) is 37.1 Å². The lowest BCUT2D eigenvalue weighted by atomic mass is 10.0. The molecule has 2 heteroatoms. The van der Waals surface area contributed by atoms with E-state index in [0.29, 0.717) is 0 Å². The van der Waals surface area contributed by atoms with Crippen molar-refractivity contribution in [3.63, 3.8) is 0 Å². The van der Waals surface area contributed by atoms with Crippen LogP contribution >= 0.6 is 0 Å². The fourth-order valence-corrected chi connectivity index (χ4v) is 1.91. The molecule has 0 bridgehead atoms. The SMILES string of the molecule is CCOc1cccc(CNCC(CC)CC)c1. The molecule has 0 aliphatic rings. The summed E-state index contributed by atoms with van der Waals surface area (Å²) in [5.41, 5.74) is 1.29. The van der Waals surface area contributed by atoms with Crippen LogP contribution in [-0.2, 0) is 6.54 Å². The van der Waals surface area contributed by atoms with Crippen LogP contribution in [0.3, 0.4) is 0 Å². The van der Waals surface area contributed by atoms with Gasteiger partial charge < -0.3 is 10.1 Å². The fourth-order valence-electron chi connectivity index (χ4n) is 1.91. The van der Waals surface area contributed by atoms with Crippen LogP contribution in [0.25, 0.3) is 0 Å². The summed E-state index contributed by atoms with van der Waals surface area (Å²) in [4.78, 5) is 0. The molecule has 0 aliphatic carbocycles. The summed E-state index contributed by atoms with van der Waals surface area (Å²) < 4.78 is 5.49. The Labute approximate surface area is 105 Å². The number of rotatable bonds is 8. The highest BCUT2D eigenvalue weighted by atomic mass is 16.5. The molecule has 1 aromatic rings. The molecule has 1 N–H and O–H groups in total. The molecule has 0 unspecified atom stereocenters. The summed E-state index contributed by atoms with van der Waals surface area (Å²) in [6.07, 6.45) is 2.50. The molecule has 0 aliphatic heterocycles. The van der Waals surface area contributed by atoms with Crippen molar-refractivity contribution in [2.75, 3.05) is 13.2 Å². The lowest BCUT2D eigenvalue weighted by Gasteiger charge is -2.13. The number of nitrogens with one attached hydrogen (secondary N) is 1. The van der Waals surface area contributed by atoms with E-state index in [1.807, 2.05) is 13.0 Å². The summed E-state index contributed by atoms with van der Waals surface area (Å²) in [5.74, 6) is 1.76. The monoisotopic (exact) mass is 235 g/mol. The van der Waals surface area contributed by atoms with E-state index in [1.165, 1.54) is 18.4 Å². The van der Waals surface area contributed by atoms with Crippen molar-refractivity contribution >= 4 is 0 Å². The maximum atomic E-state index is 5.49. The van der Waals surface area contributed by atoms with Crippen LogP contribution in [0.5, 0.6) is 5.75 Å². The van der Waals surface area contributed by atoms with Gasteiger partial charge in [0.15, 0.2) is 0 Å². The first-order chi connectivity index (χ1) is 8.30. The average molecular weight is 235 g/mol. The molecule has 1 aromatic carbocycles. The van der Waals surface area contributed by atoms with Gasteiger partial charge in [-0.15, -0.1) is 0 Å². The number of hydrogen-bond donors (Lipinski definition) is 1. The van der Waals surface area contributed by atoms with E-state index in [-0.39, 0.29) is 0 Å². The van der Waals surface area contributed by atoms with Crippen molar-refractivity contribution < 1.29 is 4.74 Å². The van der Waals surface area contributed by atoms with Crippen molar-refractivity contribution in [2.45, 2.75) is 40.2 Å². The standard InChI is InChI=1S/C15H25NO/c1-4-13(5-2)11-16-12-14-8-7-9-15(10-14)17-6-3/h7-10,13,16H,4-6,11-12H2,1-3H3. The number of hydrogen-bond acceptors (Lipinski definition) is 2. The summed E-state index contributed by atoms with van der Waals surface area (Å²) in [7, 11) is 0. The van der Waals surface area contributed by atoms with Gasteiger partial charge in [0.1, 0.15) is 5.75 Å². The van der Waals surface area contributed by atoms with Gasteiger partial charge in [-0.1, -0.05) is 38.8 Å². The van der Waals surface area contributed by atoms with E-state index >= 15 is 0 Å². The van der Waals surface area contributed by atoms with Crippen molar-refractivity contribution in [2.24, 2.45) is 5.92 Å². The highest BCUT2D eigenvalue weighted by molar-refractivity contribution is 5.28. The molecule has 0 saturated carbocycles. The summed E-state index contributed by atoms with van der Waals surface area (Å²) in [6, 6.07) is 8.32. The topological polar surface area (TPSA) is 21.3 Å². The molecule has 1 rings (SSSR count). The summed E-state index contributed by atoms with van der Waals surface area (Å²) in [6.45, 7) is 9.28. The second kappa shape index (κ2) is 8.13. The van der Waals surface area contributed by atoms with Crippen LogP contribution in [0.2, 0.25) is 0 Å². The van der Waals surface area contributed by atoms with Gasteiger partial charge in [0.25, 0.3) is 0 Å².